The van der Waals surface area contributed by atoms with Crippen molar-refractivity contribution in [2.45, 2.75) is 33.0 Å². The number of halogens is 1. The highest BCUT2D eigenvalue weighted by Gasteiger charge is 2.34. The Morgan fingerprint density at radius 1 is 1.03 bits per heavy atom. The van der Waals surface area contributed by atoms with E-state index in [1.54, 1.807) is 42.5 Å². The predicted molar refractivity (Wildman–Crippen MR) is 141 cm³/mol. The number of benzene rings is 3. The first-order valence-corrected chi connectivity index (χ1v) is 12.2. The van der Waals surface area contributed by atoms with Crippen LogP contribution in [0.3, 0.4) is 0 Å². The third-order valence-corrected chi connectivity index (χ3v) is 6.23. The van der Waals surface area contributed by atoms with Crippen LogP contribution >= 0.6 is 0 Å². The maximum absolute atomic E-state index is 14.7. The molecule has 1 aromatic heterocycles. The second-order valence-electron chi connectivity index (χ2n) is 9.09. The highest BCUT2D eigenvalue weighted by molar-refractivity contribution is 5.98. The second-order valence-corrected chi connectivity index (χ2v) is 9.09. The van der Waals surface area contributed by atoms with E-state index in [2.05, 4.69) is 15.6 Å². The van der Waals surface area contributed by atoms with Crippen LogP contribution in [0.25, 0.3) is 11.0 Å². The normalized spacial score (nSPS) is 11.8. The molecule has 0 spiro atoms. The topological polar surface area (TPSA) is 98.6 Å². The summed E-state index contributed by atoms with van der Waals surface area (Å²) in [5, 5.41) is 11.1. The maximum Gasteiger partial charge on any atom is 0.247 e. The van der Waals surface area contributed by atoms with Crippen molar-refractivity contribution in [3.05, 3.63) is 78.1 Å². The van der Waals surface area contributed by atoms with Crippen LogP contribution in [0.5, 0.6) is 11.5 Å². The molecular formula is C28H30FN5O4. The molecule has 4 aromatic rings. The fourth-order valence-corrected chi connectivity index (χ4v) is 4.32. The van der Waals surface area contributed by atoms with E-state index in [4.69, 9.17) is 9.47 Å². The lowest BCUT2D eigenvalue weighted by atomic mass is 10.00. The van der Waals surface area contributed by atoms with Crippen molar-refractivity contribution in [2.75, 3.05) is 19.5 Å². The molecule has 38 heavy (non-hydrogen) atoms. The minimum atomic E-state index is -0.927. The van der Waals surface area contributed by atoms with Crippen molar-refractivity contribution in [2.24, 2.45) is 5.92 Å². The van der Waals surface area contributed by atoms with Gasteiger partial charge in [-0.15, -0.1) is 5.10 Å². The molecule has 4 rings (SSSR count). The Morgan fingerprint density at radius 3 is 2.47 bits per heavy atom. The molecule has 0 bridgehead atoms. The monoisotopic (exact) mass is 519 g/mol. The van der Waals surface area contributed by atoms with E-state index >= 15 is 0 Å². The summed E-state index contributed by atoms with van der Waals surface area (Å²) < 4.78 is 26.8. The number of ether oxygens (including phenoxy) is 2. The van der Waals surface area contributed by atoms with Gasteiger partial charge in [0.1, 0.15) is 35.4 Å². The van der Waals surface area contributed by atoms with Crippen molar-refractivity contribution in [3.8, 4) is 11.5 Å². The van der Waals surface area contributed by atoms with Crippen molar-refractivity contribution < 1.29 is 23.5 Å². The van der Waals surface area contributed by atoms with Crippen LogP contribution in [0.2, 0.25) is 0 Å². The molecule has 3 aromatic carbocycles. The van der Waals surface area contributed by atoms with Crippen LogP contribution in [0.1, 0.15) is 19.4 Å². The number of hydrogen-bond acceptors (Lipinski definition) is 6. The molecule has 0 saturated carbocycles. The zero-order valence-electron chi connectivity index (χ0n) is 21.7. The Morgan fingerprint density at radius 2 is 1.76 bits per heavy atom. The minimum Gasteiger partial charge on any atom is -0.497 e. The average Bonchev–Trinajstić information content (AvgIpc) is 3.32. The standard InChI is InChI=1S/C28H30FN5O4/c1-18(2)27(28(36)30-23-14-13-20(37-3)15-25(23)38-4)33(16-19-9-5-6-10-21(19)29)26(35)17-34-24-12-8-7-11-22(24)31-32-34/h5-15,18,27H,16-17H2,1-4H3,(H,30,36). The first-order valence-electron chi connectivity index (χ1n) is 12.2. The zero-order chi connectivity index (χ0) is 27.2. The van der Waals surface area contributed by atoms with Gasteiger partial charge >= 0.3 is 0 Å². The van der Waals surface area contributed by atoms with E-state index in [0.29, 0.717) is 33.8 Å². The summed E-state index contributed by atoms with van der Waals surface area (Å²) in [5.74, 6) is -0.632. The summed E-state index contributed by atoms with van der Waals surface area (Å²) in [6.45, 7) is 3.40. The summed E-state index contributed by atoms with van der Waals surface area (Å²) in [5.41, 5.74) is 2.04. The Kier molecular flexibility index (Phi) is 8.20. The summed E-state index contributed by atoms with van der Waals surface area (Å²) in [7, 11) is 3.02. The quantitative estimate of drug-likeness (QED) is 0.336. The third-order valence-electron chi connectivity index (χ3n) is 6.23. The number of amides is 2. The summed E-state index contributed by atoms with van der Waals surface area (Å²) in [6.07, 6.45) is 0. The Balaban J connectivity index is 1.68. The van der Waals surface area contributed by atoms with Crippen LogP contribution in [0, 0.1) is 11.7 Å². The molecule has 9 nitrogen and oxygen atoms in total. The number of anilines is 1. The Labute approximate surface area is 220 Å². The molecule has 0 saturated heterocycles. The number of hydrogen-bond donors (Lipinski definition) is 1. The molecule has 1 N–H and O–H groups in total. The number of nitrogens with one attached hydrogen (secondary N) is 1. The number of rotatable bonds is 10. The molecule has 10 heteroatoms. The van der Waals surface area contributed by atoms with Gasteiger partial charge in [0.15, 0.2) is 0 Å². The van der Waals surface area contributed by atoms with E-state index in [-0.39, 0.29) is 19.0 Å². The molecule has 1 atom stereocenters. The van der Waals surface area contributed by atoms with Gasteiger partial charge in [0, 0.05) is 18.2 Å². The first kappa shape index (κ1) is 26.6. The molecule has 0 aliphatic heterocycles. The van der Waals surface area contributed by atoms with Gasteiger partial charge in [0.2, 0.25) is 11.8 Å². The van der Waals surface area contributed by atoms with Gasteiger partial charge in [-0.1, -0.05) is 49.4 Å². The van der Waals surface area contributed by atoms with Crippen molar-refractivity contribution in [3.63, 3.8) is 0 Å². The van der Waals surface area contributed by atoms with E-state index in [9.17, 15) is 14.0 Å². The highest BCUT2D eigenvalue weighted by atomic mass is 19.1. The summed E-state index contributed by atoms with van der Waals surface area (Å²) >= 11 is 0. The lowest BCUT2D eigenvalue weighted by Crippen LogP contribution is -2.51. The van der Waals surface area contributed by atoms with E-state index in [1.807, 2.05) is 32.0 Å². The molecule has 0 aliphatic carbocycles. The number of carbonyl (C=O) groups is 2. The van der Waals surface area contributed by atoms with Crippen molar-refractivity contribution in [1.82, 2.24) is 19.9 Å². The van der Waals surface area contributed by atoms with Gasteiger partial charge in [0.25, 0.3) is 0 Å². The van der Waals surface area contributed by atoms with E-state index in [0.717, 1.165) is 0 Å². The first-order chi connectivity index (χ1) is 18.3. The summed E-state index contributed by atoms with van der Waals surface area (Å²) in [6, 6.07) is 17.6. The second kappa shape index (κ2) is 11.7. The van der Waals surface area contributed by atoms with Gasteiger partial charge in [-0.3, -0.25) is 9.59 Å². The maximum atomic E-state index is 14.7. The van der Waals surface area contributed by atoms with Crippen LogP contribution < -0.4 is 14.8 Å². The van der Waals surface area contributed by atoms with E-state index in [1.165, 1.54) is 29.9 Å². The molecular weight excluding hydrogens is 489 g/mol. The zero-order valence-corrected chi connectivity index (χ0v) is 21.7. The van der Waals surface area contributed by atoms with Crippen molar-refractivity contribution >= 4 is 28.5 Å². The smallest absolute Gasteiger partial charge is 0.247 e. The molecule has 0 fully saturated rings. The lowest BCUT2D eigenvalue weighted by molar-refractivity contribution is -0.141. The predicted octanol–water partition coefficient (Wildman–Crippen LogP) is 4.28. The highest BCUT2D eigenvalue weighted by Crippen LogP contribution is 2.30. The molecule has 0 radical (unpaired) electrons. The third kappa shape index (κ3) is 5.74. The van der Waals surface area contributed by atoms with Gasteiger partial charge in [-0.2, -0.15) is 0 Å². The fourth-order valence-electron chi connectivity index (χ4n) is 4.32. The number of para-hydroxylation sites is 1. The van der Waals surface area contributed by atoms with Crippen LogP contribution in [-0.4, -0.2) is 52.0 Å². The number of nitrogens with zero attached hydrogens (tertiary/aromatic N) is 4. The fraction of sp³-hybridized carbons (Fsp3) is 0.286. The minimum absolute atomic E-state index is 0.103. The van der Waals surface area contributed by atoms with Gasteiger partial charge < -0.3 is 19.7 Å². The lowest BCUT2D eigenvalue weighted by Gasteiger charge is -2.34. The number of methoxy groups -OCH3 is 2. The molecule has 1 unspecified atom stereocenters. The van der Waals surface area contributed by atoms with Gasteiger partial charge in [0.05, 0.1) is 25.4 Å². The molecule has 2 amide bonds. The van der Waals surface area contributed by atoms with Crippen LogP contribution in [-0.2, 0) is 22.7 Å². The number of fused-ring (bicyclic) bond motifs is 1. The number of carbonyl (C=O) groups excluding carboxylic acids is 2. The molecule has 0 aliphatic rings. The van der Waals surface area contributed by atoms with E-state index < -0.39 is 23.7 Å². The van der Waals surface area contributed by atoms with Gasteiger partial charge in [-0.25, -0.2) is 9.07 Å². The van der Waals surface area contributed by atoms with Gasteiger partial charge in [-0.05, 0) is 36.2 Å². The SMILES string of the molecule is COc1ccc(NC(=O)C(C(C)C)N(Cc2ccccc2F)C(=O)Cn2nnc3ccccc32)c(OC)c1. The largest absolute Gasteiger partial charge is 0.497 e. The molecule has 198 valence electrons. The summed E-state index contributed by atoms with van der Waals surface area (Å²) in [4.78, 5) is 28.9. The van der Waals surface area contributed by atoms with Crippen molar-refractivity contribution in [1.29, 1.82) is 0 Å². The average molecular weight is 520 g/mol. The van der Waals surface area contributed by atoms with Crippen LogP contribution in [0.15, 0.2) is 66.7 Å². The molecule has 1 heterocycles. The van der Waals surface area contributed by atoms with Crippen LogP contribution in [0.4, 0.5) is 10.1 Å². The Hall–Kier alpha value is -4.47. The number of aromatic nitrogens is 3. The Bertz CT molecular complexity index is 1440.